The van der Waals surface area contributed by atoms with Crippen molar-refractivity contribution in [3.63, 3.8) is 0 Å². The van der Waals surface area contributed by atoms with Gasteiger partial charge in [-0.15, -0.1) is 0 Å². The number of nitrogens with one attached hydrogen (secondary N) is 1. The summed E-state index contributed by atoms with van der Waals surface area (Å²) in [5.41, 5.74) is 0.594. The smallest absolute Gasteiger partial charge is 0.355 e. The van der Waals surface area contributed by atoms with E-state index in [4.69, 9.17) is 14.2 Å². The number of benzene rings is 1. The summed E-state index contributed by atoms with van der Waals surface area (Å²) >= 11 is 0. The summed E-state index contributed by atoms with van der Waals surface area (Å²) in [7, 11) is 2.96. The second kappa shape index (κ2) is 6.60. The number of ether oxygens (including phenoxy) is 3. The minimum absolute atomic E-state index is 0.292. The molecule has 0 aliphatic carbocycles. The number of methoxy groups -OCH3 is 2. The van der Waals surface area contributed by atoms with E-state index in [0.717, 1.165) is 0 Å². The van der Waals surface area contributed by atoms with Crippen LogP contribution >= 0.6 is 0 Å². The van der Waals surface area contributed by atoms with Crippen molar-refractivity contribution in [2.24, 2.45) is 0 Å². The highest BCUT2D eigenvalue weighted by Crippen LogP contribution is 2.24. The highest BCUT2D eigenvalue weighted by molar-refractivity contribution is 6.01. The number of hydrogen-bond acceptors (Lipinski definition) is 5. The average molecular weight is 289 g/mol. The van der Waals surface area contributed by atoms with Gasteiger partial charge in [0.05, 0.1) is 19.8 Å². The molecule has 0 aliphatic heterocycles. The van der Waals surface area contributed by atoms with Gasteiger partial charge in [-0.25, -0.2) is 4.79 Å². The molecular formula is C15H15NO5. The topological polar surface area (TPSA) is 77.6 Å². The van der Waals surface area contributed by atoms with Crippen LogP contribution in [0.15, 0.2) is 36.5 Å². The summed E-state index contributed by atoms with van der Waals surface area (Å²) in [6, 6.07) is 8.09. The number of Topliss-reactive ketones (excluding diaryl/α,β-unsaturated/α-hetero) is 1. The van der Waals surface area contributed by atoms with E-state index in [-0.39, 0.29) is 12.4 Å². The number of H-pyrrole nitrogens is 1. The minimum Gasteiger partial charge on any atom is -0.497 e. The van der Waals surface area contributed by atoms with Gasteiger partial charge in [0, 0.05) is 6.20 Å². The van der Waals surface area contributed by atoms with Gasteiger partial charge < -0.3 is 19.2 Å². The van der Waals surface area contributed by atoms with E-state index >= 15 is 0 Å². The van der Waals surface area contributed by atoms with Gasteiger partial charge in [-0.05, 0) is 30.3 Å². The van der Waals surface area contributed by atoms with Gasteiger partial charge in [0.15, 0.2) is 6.61 Å². The highest BCUT2D eigenvalue weighted by Gasteiger charge is 2.16. The van der Waals surface area contributed by atoms with Gasteiger partial charge in [-0.3, -0.25) is 4.79 Å². The lowest BCUT2D eigenvalue weighted by Gasteiger charge is -2.09. The zero-order valence-electron chi connectivity index (χ0n) is 11.7. The summed E-state index contributed by atoms with van der Waals surface area (Å²) in [6.07, 6.45) is 1.60. The van der Waals surface area contributed by atoms with Crippen LogP contribution in [0.25, 0.3) is 0 Å². The number of aromatic nitrogens is 1. The molecule has 0 unspecified atom stereocenters. The number of carbonyl (C=O) groups excluding carboxylic acids is 2. The summed E-state index contributed by atoms with van der Waals surface area (Å²) < 4.78 is 15.1. The van der Waals surface area contributed by atoms with E-state index in [2.05, 4.69) is 4.98 Å². The molecule has 0 saturated carbocycles. The van der Waals surface area contributed by atoms with E-state index in [0.29, 0.717) is 22.8 Å². The predicted molar refractivity (Wildman–Crippen MR) is 75.0 cm³/mol. The number of rotatable bonds is 6. The molecule has 6 nitrogen and oxygen atoms in total. The number of aromatic amines is 1. The maximum Gasteiger partial charge on any atom is 0.355 e. The molecule has 1 N–H and O–H groups in total. The van der Waals surface area contributed by atoms with Crippen molar-refractivity contribution in [1.29, 1.82) is 0 Å². The first-order chi connectivity index (χ1) is 10.2. The molecule has 21 heavy (non-hydrogen) atoms. The van der Waals surface area contributed by atoms with Crippen LogP contribution in [0, 0.1) is 0 Å². The van der Waals surface area contributed by atoms with Crippen molar-refractivity contribution < 1.29 is 23.8 Å². The Hall–Kier alpha value is -2.76. The van der Waals surface area contributed by atoms with Crippen molar-refractivity contribution in [2.45, 2.75) is 0 Å². The first-order valence-corrected chi connectivity index (χ1v) is 6.21. The fourth-order valence-electron chi connectivity index (χ4n) is 1.78. The number of carbonyl (C=O) groups is 2. The SMILES string of the molecule is COc1ccc(OC)c(C(=O)COC(=O)c2ccc[nH]2)c1. The van der Waals surface area contributed by atoms with E-state index < -0.39 is 5.97 Å². The van der Waals surface area contributed by atoms with Crippen molar-refractivity contribution in [3.05, 3.63) is 47.8 Å². The predicted octanol–water partition coefficient (Wildman–Crippen LogP) is 2.07. The van der Waals surface area contributed by atoms with Crippen LogP contribution < -0.4 is 9.47 Å². The fourth-order valence-corrected chi connectivity index (χ4v) is 1.78. The van der Waals surface area contributed by atoms with Crippen LogP contribution in [0.4, 0.5) is 0 Å². The summed E-state index contributed by atoms with van der Waals surface area (Å²) in [6.45, 7) is -0.374. The Balaban J connectivity index is 2.08. The molecule has 0 saturated heterocycles. The summed E-state index contributed by atoms with van der Waals surface area (Å²) in [5.74, 6) is -0.0348. The standard InChI is InChI=1S/C15H15NO5/c1-19-10-5-6-14(20-2)11(8-10)13(17)9-21-15(18)12-4-3-7-16-12/h3-8,16H,9H2,1-2H3. The molecule has 0 atom stereocenters. The molecule has 0 amide bonds. The van der Waals surface area contributed by atoms with E-state index in [1.165, 1.54) is 14.2 Å². The van der Waals surface area contributed by atoms with Crippen LogP contribution in [-0.4, -0.2) is 37.6 Å². The number of esters is 1. The Labute approximate surface area is 121 Å². The fraction of sp³-hybridized carbons (Fsp3) is 0.200. The third kappa shape index (κ3) is 3.42. The molecular weight excluding hydrogens is 274 g/mol. The molecule has 1 heterocycles. The average Bonchev–Trinajstić information content (AvgIpc) is 3.06. The Morgan fingerprint density at radius 1 is 1.14 bits per heavy atom. The molecule has 1 aromatic heterocycles. The molecule has 0 radical (unpaired) electrons. The molecule has 110 valence electrons. The molecule has 6 heteroatoms. The first kappa shape index (κ1) is 14.6. The van der Waals surface area contributed by atoms with Gasteiger partial charge >= 0.3 is 5.97 Å². The Morgan fingerprint density at radius 2 is 1.95 bits per heavy atom. The summed E-state index contributed by atoms with van der Waals surface area (Å²) in [4.78, 5) is 26.5. The molecule has 0 spiro atoms. The third-order valence-corrected chi connectivity index (χ3v) is 2.86. The van der Waals surface area contributed by atoms with Crippen molar-refractivity contribution in [1.82, 2.24) is 4.98 Å². The monoisotopic (exact) mass is 289 g/mol. The van der Waals surface area contributed by atoms with E-state index in [1.807, 2.05) is 0 Å². The molecule has 0 bridgehead atoms. The molecule has 2 aromatic rings. The van der Waals surface area contributed by atoms with Crippen LogP contribution in [0.2, 0.25) is 0 Å². The van der Waals surface area contributed by atoms with Crippen molar-refractivity contribution >= 4 is 11.8 Å². The van der Waals surface area contributed by atoms with Crippen LogP contribution in [0.3, 0.4) is 0 Å². The highest BCUT2D eigenvalue weighted by atomic mass is 16.5. The van der Waals surface area contributed by atoms with Crippen LogP contribution in [-0.2, 0) is 4.74 Å². The maximum absolute atomic E-state index is 12.1. The van der Waals surface area contributed by atoms with Gasteiger partial charge in [0.2, 0.25) is 5.78 Å². The Bertz CT molecular complexity index is 634. The first-order valence-electron chi connectivity index (χ1n) is 6.21. The minimum atomic E-state index is -0.588. The second-order valence-corrected chi connectivity index (χ2v) is 4.15. The zero-order valence-corrected chi connectivity index (χ0v) is 11.7. The number of ketones is 1. The lowest BCUT2D eigenvalue weighted by atomic mass is 10.1. The van der Waals surface area contributed by atoms with E-state index in [1.54, 1.807) is 36.5 Å². The van der Waals surface area contributed by atoms with Crippen molar-refractivity contribution in [2.75, 3.05) is 20.8 Å². The third-order valence-electron chi connectivity index (χ3n) is 2.86. The van der Waals surface area contributed by atoms with Gasteiger partial charge in [-0.2, -0.15) is 0 Å². The zero-order chi connectivity index (χ0) is 15.2. The largest absolute Gasteiger partial charge is 0.497 e. The molecule has 1 aromatic carbocycles. The Kier molecular flexibility index (Phi) is 4.61. The van der Waals surface area contributed by atoms with Gasteiger partial charge in [0.1, 0.15) is 17.2 Å². The normalized spacial score (nSPS) is 10.0. The van der Waals surface area contributed by atoms with E-state index in [9.17, 15) is 9.59 Å². The van der Waals surface area contributed by atoms with Gasteiger partial charge in [-0.1, -0.05) is 0 Å². The maximum atomic E-state index is 12.1. The molecule has 2 rings (SSSR count). The quantitative estimate of drug-likeness (QED) is 0.650. The van der Waals surface area contributed by atoms with Crippen LogP contribution in [0.1, 0.15) is 20.8 Å². The lowest BCUT2D eigenvalue weighted by molar-refractivity contribution is 0.0469. The molecule has 0 fully saturated rings. The lowest BCUT2D eigenvalue weighted by Crippen LogP contribution is -2.15. The van der Waals surface area contributed by atoms with Crippen molar-refractivity contribution in [3.8, 4) is 11.5 Å². The summed E-state index contributed by atoms with van der Waals surface area (Å²) in [5, 5.41) is 0. The number of hydrogen-bond donors (Lipinski definition) is 1. The van der Waals surface area contributed by atoms with Crippen LogP contribution in [0.5, 0.6) is 11.5 Å². The second-order valence-electron chi connectivity index (χ2n) is 4.15. The van der Waals surface area contributed by atoms with Gasteiger partial charge in [0.25, 0.3) is 0 Å². The Morgan fingerprint density at radius 3 is 2.57 bits per heavy atom. The molecule has 0 aliphatic rings.